The molecule has 0 rings (SSSR count). The van der Waals surface area contributed by atoms with Crippen LogP contribution >= 0.6 is 0 Å². The first-order valence-electron chi connectivity index (χ1n) is 10.8. The summed E-state index contributed by atoms with van der Waals surface area (Å²) in [5, 5.41) is 0. The van der Waals surface area contributed by atoms with Crippen LogP contribution in [-0.4, -0.2) is 12.6 Å². The fraction of sp³-hybridized carbons (Fsp3) is 0.783. The lowest BCUT2D eigenvalue weighted by Crippen LogP contribution is -2.04. The Morgan fingerprint density at radius 1 is 0.680 bits per heavy atom. The van der Waals surface area contributed by atoms with Gasteiger partial charge >= 0.3 is 5.97 Å². The zero-order valence-electron chi connectivity index (χ0n) is 16.9. The highest BCUT2D eigenvalue weighted by Gasteiger charge is 2.01. The maximum atomic E-state index is 11.3. The topological polar surface area (TPSA) is 26.3 Å². The van der Waals surface area contributed by atoms with E-state index in [4.69, 9.17) is 4.74 Å². The molecule has 0 aliphatic heterocycles. The van der Waals surface area contributed by atoms with Crippen LogP contribution in [0.3, 0.4) is 0 Å². The molecule has 0 spiro atoms. The normalized spacial score (nSPS) is 11.6. The van der Waals surface area contributed by atoms with E-state index >= 15 is 0 Å². The van der Waals surface area contributed by atoms with Crippen molar-refractivity contribution in [3.8, 4) is 0 Å². The summed E-state index contributed by atoms with van der Waals surface area (Å²) in [6.45, 7) is 4.85. The second kappa shape index (κ2) is 21.0. The van der Waals surface area contributed by atoms with E-state index in [0.717, 1.165) is 25.7 Å². The fourth-order valence-corrected chi connectivity index (χ4v) is 2.72. The minimum absolute atomic E-state index is 0.0237. The van der Waals surface area contributed by atoms with E-state index in [9.17, 15) is 4.79 Å². The molecule has 146 valence electrons. The van der Waals surface area contributed by atoms with Crippen LogP contribution in [0.4, 0.5) is 0 Å². The molecular formula is C23H42O2. The standard InChI is InChI=1S/C23H42O2/c1-3-5-6-7-8-9-10-11-12-13-14-15-16-17-18-19-20-21-23(24)25-22-4-2/h8-9,11-12H,3-7,10,13-22H2,1-2H3/b9-8-,12-11-. The van der Waals surface area contributed by atoms with Crippen molar-refractivity contribution in [2.75, 3.05) is 6.61 Å². The van der Waals surface area contributed by atoms with Crippen molar-refractivity contribution in [3.63, 3.8) is 0 Å². The van der Waals surface area contributed by atoms with Gasteiger partial charge in [-0.25, -0.2) is 0 Å². The third-order valence-corrected chi connectivity index (χ3v) is 4.30. The number of esters is 1. The lowest BCUT2D eigenvalue weighted by atomic mass is 10.1. The quantitative estimate of drug-likeness (QED) is 0.145. The van der Waals surface area contributed by atoms with Gasteiger partial charge < -0.3 is 4.74 Å². The lowest BCUT2D eigenvalue weighted by Gasteiger charge is -2.03. The molecule has 0 N–H and O–H groups in total. The van der Waals surface area contributed by atoms with E-state index < -0.39 is 0 Å². The van der Waals surface area contributed by atoms with Crippen LogP contribution in [0.5, 0.6) is 0 Å². The van der Waals surface area contributed by atoms with E-state index in [1.54, 1.807) is 0 Å². The van der Waals surface area contributed by atoms with Crippen LogP contribution in [0.2, 0.25) is 0 Å². The molecule has 0 aromatic carbocycles. The van der Waals surface area contributed by atoms with Gasteiger partial charge in [-0.3, -0.25) is 4.79 Å². The third-order valence-electron chi connectivity index (χ3n) is 4.30. The van der Waals surface area contributed by atoms with Gasteiger partial charge in [-0.2, -0.15) is 0 Å². The second-order valence-electron chi connectivity index (χ2n) is 6.91. The van der Waals surface area contributed by atoms with Gasteiger partial charge in [-0.1, -0.05) is 83.1 Å². The minimum Gasteiger partial charge on any atom is -0.466 e. The lowest BCUT2D eigenvalue weighted by molar-refractivity contribution is -0.143. The Bertz CT molecular complexity index is 331. The van der Waals surface area contributed by atoms with Gasteiger partial charge in [0.25, 0.3) is 0 Å². The number of allylic oxidation sites excluding steroid dienone is 4. The van der Waals surface area contributed by atoms with Crippen LogP contribution in [0, 0.1) is 0 Å². The molecule has 0 heterocycles. The fourth-order valence-electron chi connectivity index (χ4n) is 2.72. The first-order valence-corrected chi connectivity index (χ1v) is 10.8. The van der Waals surface area contributed by atoms with E-state index in [1.165, 1.54) is 64.2 Å². The van der Waals surface area contributed by atoms with Gasteiger partial charge in [0.05, 0.1) is 6.61 Å². The van der Waals surface area contributed by atoms with Gasteiger partial charge in [0.2, 0.25) is 0 Å². The first kappa shape index (κ1) is 23.9. The van der Waals surface area contributed by atoms with Crippen molar-refractivity contribution in [2.45, 2.75) is 110 Å². The van der Waals surface area contributed by atoms with Gasteiger partial charge in [0.15, 0.2) is 0 Å². The number of hydrogen-bond donors (Lipinski definition) is 0. The Morgan fingerprint density at radius 3 is 1.84 bits per heavy atom. The molecule has 0 unspecified atom stereocenters. The summed E-state index contributed by atoms with van der Waals surface area (Å²) in [4.78, 5) is 11.3. The second-order valence-corrected chi connectivity index (χ2v) is 6.91. The Labute approximate surface area is 157 Å². The zero-order valence-corrected chi connectivity index (χ0v) is 16.9. The highest BCUT2D eigenvalue weighted by molar-refractivity contribution is 5.69. The summed E-state index contributed by atoms with van der Waals surface area (Å²) in [6.07, 6.45) is 26.9. The number of carbonyl (C=O) groups is 1. The average molecular weight is 351 g/mol. The molecule has 0 aromatic rings. The highest BCUT2D eigenvalue weighted by atomic mass is 16.5. The predicted molar refractivity (Wildman–Crippen MR) is 110 cm³/mol. The Kier molecular flexibility index (Phi) is 20.1. The molecule has 0 aliphatic carbocycles. The molecule has 0 amide bonds. The number of carbonyl (C=O) groups excluding carboxylic acids is 1. The van der Waals surface area contributed by atoms with Crippen molar-refractivity contribution in [1.82, 2.24) is 0 Å². The SMILES string of the molecule is CCCCC/C=C\C/C=C\CCCCCCCCCC(=O)OCCC. The maximum absolute atomic E-state index is 11.3. The van der Waals surface area contributed by atoms with Crippen LogP contribution in [0.15, 0.2) is 24.3 Å². The van der Waals surface area contributed by atoms with Crippen molar-refractivity contribution >= 4 is 5.97 Å². The largest absolute Gasteiger partial charge is 0.466 e. The van der Waals surface area contributed by atoms with Crippen molar-refractivity contribution < 1.29 is 9.53 Å². The Balaban J connectivity index is 3.20. The van der Waals surface area contributed by atoms with Gasteiger partial charge in [-0.15, -0.1) is 0 Å². The van der Waals surface area contributed by atoms with E-state index in [-0.39, 0.29) is 5.97 Å². The molecule has 0 bridgehead atoms. The number of hydrogen-bond acceptors (Lipinski definition) is 2. The van der Waals surface area contributed by atoms with Crippen LogP contribution in [0.25, 0.3) is 0 Å². The van der Waals surface area contributed by atoms with Crippen LogP contribution in [0.1, 0.15) is 110 Å². The number of unbranched alkanes of at least 4 members (excludes halogenated alkanes) is 10. The summed E-state index contributed by atoms with van der Waals surface area (Å²) in [7, 11) is 0. The van der Waals surface area contributed by atoms with Gasteiger partial charge in [-0.05, 0) is 44.9 Å². The predicted octanol–water partition coefficient (Wildman–Crippen LogP) is 7.53. The van der Waals surface area contributed by atoms with Crippen molar-refractivity contribution in [1.29, 1.82) is 0 Å². The molecule has 0 aliphatic rings. The van der Waals surface area contributed by atoms with Crippen LogP contribution < -0.4 is 0 Å². The first-order chi connectivity index (χ1) is 12.3. The monoisotopic (exact) mass is 350 g/mol. The minimum atomic E-state index is -0.0237. The van der Waals surface area contributed by atoms with Crippen LogP contribution in [-0.2, 0) is 9.53 Å². The van der Waals surface area contributed by atoms with E-state index in [2.05, 4.69) is 31.2 Å². The maximum Gasteiger partial charge on any atom is 0.305 e. The molecule has 0 saturated heterocycles. The molecule has 0 atom stereocenters. The summed E-state index contributed by atoms with van der Waals surface area (Å²) >= 11 is 0. The molecule has 0 radical (unpaired) electrons. The molecule has 2 nitrogen and oxygen atoms in total. The van der Waals surface area contributed by atoms with E-state index in [1.807, 2.05) is 6.92 Å². The number of ether oxygens (including phenoxy) is 1. The third kappa shape index (κ3) is 20.9. The zero-order chi connectivity index (χ0) is 18.4. The molecular weight excluding hydrogens is 308 g/mol. The Morgan fingerprint density at radius 2 is 1.24 bits per heavy atom. The summed E-state index contributed by atoms with van der Waals surface area (Å²) in [5.74, 6) is -0.0237. The Hall–Kier alpha value is -1.05. The molecule has 0 saturated carbocycles. The molecule has 0 fully saturated rings. The summed E-state index contributed by atoms with van der Waals surface area (Å²) < 4.78 is 5.07. The molecule has 0 aromatic heterocycles. The smallest absolute Gasteiger partial charge is 0.305 e. The van der Waals surface area contributed by atoms with Gasteiger partial charge in [0, 0.05) is 6.42 Å². The summed E-state index contributed by atoms with van der Waals surface area (Å²) in [6, 6.07) is 0. The average Bonchev–Trinajstić information content (AvgIpc) is 2.62. The molecule has 2 heteroatoms. The van der Waals surface area contributed by atoms with Crippen molar-refractivity contribution in [2.24, 2.45) is 0 Å². The van der Waals surface area contributed by atoms with Gasteiger partial charge in [0.1, 0.15) is 0 Å². The summed E-state index contributed by atoms with van der Waals surface area (Å²) in [5.41, 5.74) is 0. The highest BCUT2D eigenvalue weighted by Crippen LogP contribution is 2.10. The number of rotatable bonds is 18. The van der Waals surface area contributed by atoms with Crippen molar-refractivity contribution in [3.05, 3.63) is 24.3 Å². The molecule has 25 heavy (non-hydrogen) atoms. The van der Waals surface area contributed by atoms with E-state index in [0.29, 0.717) is 13.0 Å².